The third-order valence-corrected chi connectivity index (χ3v) is 3.66. The highest BCUT2D eigenvalue weighted by Gasteiger charge is 2.12. The molecule has 2 aromatic carbocycles. The van der Waals surface area contributed by atoms with Crippen LogP contribution in [0.25, 0.3) is 0 Å². The summed E-state index contributed by atoms with van der Waals surface area (Å²) in [4.78, 5) is 24.0. The van der Waals surface area contributed by atoms with Crippen molar-refractivity contribution in [2.45, 2.75) is 26.2 Å². The van der Waals surface area contributed by atoms with Crippen LogP contribution in [0.5, 0.6) is 0 Å². The van der Waals surface area contributed by atoms with Gasteiger partial charge in [-0.2, -0.15) is 5.26 Å². The smallest absolute Gasteiger partial charge is 0.338 e. The van der Waals surface area contributed by atoms with E-state index < -0.39 is 5.97 Å². The van der Waals surface area contributed by atoms with E-state index in [9.17, 15) is 9.59 Å². The Morgan fingerprint density at radius 3 is 2.50 bits per heavy atom. The van der Waals surface area contributed by atoms with Crippen LogP contribution in [0.1, 0.15) is 51.6 Å². The lowest BCUT2D eigenvalue weighted by atomic mass is 10.0. The zero-order valence-corrected chi connectivity index (χ0v) is 13.6. The van der Waals surface area contributed by atoms with Crippen LogP contribution in [0.15, 0.2) is 48.5 Å². The molecule has 0 aromatic heterocycles. The SMILES string of the molecule is CCCCc1ccc(C(=O)COC(=O)c2cccc(C#N)c2)cc1. The molecular weight excluding hydrogens is 302 g/mol. The van der Waals surface area contributed by atoms with Gasteiger partial charge in [0.2, 0.25) is 0 Å². The minimum atomic E-state index is -0.611. The van der Waals surface area contributed by atoms with Gasteiger partial charge in [0, 0.05) is 5.56 Å². The average Bonchev–Trinajstić information content (AvgIpc) is 2.64. The summed E-state index contributed by atoms with van der Waals surface area (Å²) in [6.07, 6.45) is 3.24. The molecule has 0 fully saturated rings. The lowest BCUT2D eigenvalue weighted by Gasteiger charge is -2.06. The first-order valence-electron chi connectivity index (χ1n) is 7.93. The molecule has 0 unspecified atom stereocenters. The number of nitriles is 1. The van der Waals surface area contributed by atoms with Crippen molar-refractivity contribution in [1.29, 1.82) is 5.26 Å². The van der Waals surface area contributed by atoms with E-state index in [1.165, 1.54) is 11.6 Å². The topological polar surface area (TPSA) is 67.2 Å². The van der Waals surface area contributed by atoms with E-state index in [1.807, 2.05) is 18.2 Å². The minimum absolute atomic E-state index is 0.248. The minimum Gasteiger partial charge on any atom is -0.454 e. The summed E-state index contributed by atoms with van der Waals surface area (Å²) in [5, 5.41) is 8.83. The summed E-state index contributed by atoms with van der Waals surface area (Å²) >= 11 is 0. The fourth-order valence-corrected chi connectivity index (χ4v) is 2.25. The number of benzene rings is 2. The fraction of sp³-hybridized carbons (Fsp3) is 0.250. The van der Waals surface area contributed by atoms with Crippen molar-refractivity contribution in [3.05, 3.63) is 70.8 Å². The molecule has 0 amide bonds. The highest BCUT2D eigenvalue weighted by molar-refractivity contribution is 5.99. The van der Waals surface area contributed by atoms with Crippen molar-refractivity contribution in [2.24, 2.45) is 0 Å². The van der Waals surface area contributed by atoms with Gasteiger partial charge in [0.05, 0.1) is 17.2 Å². The number of ether oxygens (including phenoxy) is 1. The van der Waals surface area contributed by atoms with Gasteiger partial charge in [-0.1, -0.05) is 43.7 Å². The number of carbonyl (C=O) groups is 2. The van der Waals surface area contributed by atoms with Crippen LogP contribution in [0.3, 0.4) is 0 Å². The Labute approximate surface area is 141 Å². The van der Waals surface area contributed by atoms with Crippen molar-refractivity contribution in [3.8, 4) is 6.07 Å². The van der Waals surface area contributed by atoms with E-state index in [1.54, 1.807) is 30.3 Å². The zero-order chi connectivity index (χ0) is 17.4. The Hall–Kier alpha value is -2.93. The Balaban J connectivity index is 1.92. The number of esters is 1. The molecule has 122 valence electrons. The third kappa shape index (κ3) is 4.79. The van der Waals surface area contributed by atoms with Gasteiger partial charge in [0.15, 0.2) is 12.4 Å². The van der Waals surface area contributed by atoms with Gasteiger partial charge < -0.3 is 4.74 Å². The number of unbranched alkanes of at least 4 members (excludes halogenated alkanes) is 1. The van der Waals surface area contributed by atoms with Crippen LogP contribution in [0, 0.1) is 11.3 Å². The lowest BCUT2D eigenvalue weighted by Crippen LogP contribution is -2.14. The summed E-state index contributed by atoms with van der Waals surface area (Å²) < 4.78 is 5.04. The van der Waals surface area contributed by atoms with Gasteiger partial charge in [-0.15, -0.1) is 0 Å². The van der Waals surface area contributed by atoms with E-state index >= 15 is 0 Å². The first-order valence-corrected chi connectivity index (χ1v) is 7.93. The summed E-state index contributed by atoms with van der Waals surface area (Å²) in [5.41, 5.74) is 2.35. The van der Waals surface area contributed by atoms with Crippen LogP contribution >= 0.6 is 0 Å². The zero-order valence-electron chi connectivity index (χ0n) is 13.6. The first-order chi connectivity index (χ1) is 11.6. The molecule has 0 aliphatic carbocycles. The normalized spacial score (nSPS) is 10.0. The Morgan fingerprint density at radius 1 is 1.08 bits per heavy atom. The van der Waals surface area contributed by atoms with E-state index in [2.05, 4.69) is 6.92 Å². The van der Waals surface area contributed by atoms with Gasteiger partial charge in [0.25, 0.3) is 0 Å². The molecule has 0 N–H and O–H groups in total. The molecule has 0 atom stereocenters. The standard InChI is InChI=1S/C20H19NO3/c1-2-3-5-15-8-10-17(11-9-15)19(22)14-24-20(23)18-7-4-6-16(12-18)13-21/h4,6-12H,2-3,5,14H2,1H3. The number of nitrogens with zero attached hydrogens (tertiary/aromatic N) is 1. The Bertz CT molecular complexity index is 757. The fourth-order valence-electron chi connectivity index (χ4n) is 2.25. The molecule has 2 rings (SSSR count). The Morgan fingerprint density at radius 2 is 1.83 bits per heavy atom. The number of Topliss-reactive ketones (excluding diaryl/α,β-unsaturated/α-hetero) is 1. The number of carbonyl (C=O) groups excluding carboxylic acids is 2. The van der Waals surface area contributed by atoms with E-state index in [0.29, 0.717) is 11.1 Å². The molecule has 0 heterocycles. The number of aryl methyl sites for hydroxylation is 1. The second-order valence-corrected chi connectivity index (χ2v) is 5.49. The van der Waals surface area contributed by atoms with Crippen LogP contribution in [0.4, 0.5) is 0 Å². The third-order valence-electron chi connectivity index (χ3n) is 3.66. The predicted octanol–water partition coefficient (Wildman–Crippen LogP) is 3.94. The molecule has 0 radical (unpaired) electrons. The first kappa shape index (κ1) is 17.4. The molecule has 0 bridgehead atoms. The van der Waals surface area contributed by atoms with Crippen LogP contribution in [0.2, 0.25) is 0 Å². The van der Waals surface area contributed by atoms with Gasteiger partial charge in [-0.05, 0) is 36.6 Å². The highest BCUT2D eigenvalue weighted by Crippen LogP contribution is 2.10. The second-order valence-electron chi connectivity index (χ2n) is 5.49. The molecule has 0 spiro atoms. The van der Waals surface area contributed by atoms with Crippen molar-refractivity contribution in [1.82, 2.24) is 0 Å². The molecule has 2 aromatic rings. The van der Waals surface area contributed by atoms with Crippen LogP contribution < -0.4 is 0 Å². The summed E-state index contributed by atoms with van der Waals surface area (Å²) in [6.45, 7) is 1.82. The molecule has 4 heteroatoms. The van der Waals surface area contributed by atoms with E-state index in [4.69, 9.17) is 10.00 Å². The van der Waals surface area contributed by atoms with Crippen molar-refractivity contribution in [3.63, 3.8) is 0 Å². The van der Waals surface area contributed by atoms with Gasteiger partial charge in [0.1, 0.15) is 0 Å². The Kier molecular flexibility index (Phi) is 6.27. The number of hydrogen-bond donors (Lipinski definition) is 0. The van der Waals surface area contributed by atoms with Gasteiger partial charge >= 0.3 is 5.97 Å². The largest absolute Gasteiger partial charge is 0.454 e. The summed E-state index contributed by atoms with van der Waals surface area (Å²) in [5.74, 6) is -0.859. The average molecular weight is 321 g/mol. The number of hydrogen-bond acceptors (Lipinski definition) is 4. The maximum Gasteiger partial charge on any atom is 0.338 e. The van der Waals surface area contributed by atoms with Crippen molar-refractivity contribution < 1.29 is 14.3 Å². The summed E-state index contributed by atoms with van der Waals surface area (Å²) in [6, 6.07) is 15.5. The molecule has 0 aliphatic heterocycles. The molecule has 4 nitrogen and oxygen atoms in total. The van der Waals surface area contributed by atoms with Gasteiger partial charge in [-0.3, -0.25) is 4.79 Å². The van der Waals surface area contributed by atoms with E-state index in [-0.39, 0.29) is 18.0 Å². The van der Waals surface area contributed by atoms with Crippen molar-refractivity contribution in [2.75, 3.05) is 6.61 Å². The second kappa shape index (κ2) is 8.64. The van der Waals surface area contributed by atoms with Crippen LogP contribution in [-0.2, 0) is 11.2 Å². The highest BCUT2D eigenvalue weighted by atomic mass is 16.5. The molecular formula is C20H19NO3. The molecule has 0 aliphatic rings. The van der Waals surface area contributed by atoms with Crippen LogP contribution in [-0.4, -0.2) is 18.4 Å². The predicted molar refractivity (Wildman–Crippen MR) is 90.8 cm³/mol. The van der Waals surface area contributed by atoms with E-state index in [0.717, 1.165) is 19.3 Å². The molecule has 0 saturated carbocycles. The monoisotopic (exact) mass is 321 g/mol. The van der Waals surface area contributed by atoms with Crippen molar-refractivity contribution >= 4 is 11.8 Å². The van der Waals surface area contributed by atoms with Gasteiger partial charge in [-0.25, -0.2) is 4.79 Å². The number of rotatable bonds is 7. The maximum atomic E-state index is 12.1. The quantitative estimate of drug-likeness (QED) is 0.572. The molecule has 0 saturated heterocycles. The molecule has 24 heavy (non-hydrogen) atoms. The lowest BCUT2D eigenvalue weighted by molar-refractivity contribution is 0.0474. The maximum absolute atomic E-state index is 12.1. The summed E-state index contributed by atoms with van der Waals surface area (Å²) in [7, 11) is 0. The number of ketones is 1.